The lowest BCUT2D eigenvalue weighted by atomic mass is 10.1. The molecule has 4 rings (SSSR count). The predicted molar refractivity (Wildman–Crippen MR) is 113 cm³/mol. The highest BCUT2D eigenvalue weighted by atomic mass is 16.5. The van der Waals surface area contributed by atoms with Gasteiger partial charge < -0.3 is 19.7 Å². The number of piperazine rings is 1. The summed E-state index contributed by atoms with van der Waals surface area (Å²) in [6.07, 6.45) is 3.97. The van der Waals surface area contributed by atoms with Crippen molar-refractivity contribution in [2.24, 2.45) is 0 Å². The van der Waals surface area contributed by atoms with Crippen LogP contribution in [0.3, 0.4) is 0 Å². The first-order chi connectivity index (χ1) is 14.2. The fourth-order valence-corrected chi connectivity index (χ4v) is 3.94. The Morgan fingerprint density at radius 2 is 1.97 bits per heavy atom. The molecule has 0 bridgehead atoms. The Morgan fingerprint density at radius 1 is 1.14 bits per heavy atom. The third-order valence-electron chi connectivity index (χ3n) is 5.56. The van der Waals surface area contributed by atoms with E-state index in [0.717, 1.165) is 57.7 Å². The van der Waals surface area contributed by atoms with Crippen LogP contribution in [0.5, 0.6) is 11.5 Å². The van der Waals surface area contributed by atoms with Gasteiger partial charge in [-0.1, -0.05) is 12.1 Å². The number of aromatic nitrogens is 1. The third-order valence-corrected chi connectivity index (χ3v) is 5.56. The Hall–Kier alpha value is -2.80. The molecule has 0 spiro atoms. The molecule has 2 aliphatic rings. The number of amides is 1. The molecule has 1 N–H and O–H groups in total. The van der Waals surface area contributed by atoms with E-state index in [4.69, 9.17) is 9.47 Å². The van der Waals surface area contributed by atoms with E-state index < -0.39 is 6.10 Å². The van der Waals surface area contributed by atoms with Crippen LogP contribution in [0.2, 0.25) is 0 Å². The molecule has 154 valence electrons. The second kappa shape index (κ2) is 9.13. The van der Waals surface area contributed by atoms with Gasteiger partial charge in [0.15, 0.2) is 17.7 Å². The summed E-state index contributed by atoms with van der Waals surface area (Å²) in [5.41, 5.74) is 1.17. The summed E-state index contributed by atoms with van der Waals surface area (Å²) < 4.78 is 11.3. The van der Waals surface area contributed by atoms with Crippen LogP contribution in [0.25, 0.3) is 0 Å². The number of hydrogen-bond acceptors (Lipinski definition) is 6. The second-order valence-corrected chi connectivity index (χ2v) is 7.44. The summed E-state index contributed by atoms with van der Waals surface area (Å²) >= 11 is 0. The maximum absolute atomic E-state index is 12.2. The molecule has 2 aromatic rings. The number of carbonyl (C=O) groups is 1. The largest absolute Gasteiger partial charge is 0.495 e. The number of anilines is 2. The molecule has 1 saturated heterocycles. The summed E-state index contributed by atoms with van der Waals surface area (Å²) in [6.45, 7) is 5.12. The van der Waals surface area contributed by atoms with Gasteiger partial charge in [-0.05, 0) is 50.1 Å². The quantitative estimate of drug-likeness (QED) is 0.726. The Morgan fingerprint density at radius 3 is 2.79 bits per heavy atom. The third kappa shape index (κ3) is 4.62. The van der Waals surface area contributed by atoms with Gasteiger partial charge in [-0.15, -0.1) is 0 Å². The minimum atomic E-state index is -0.422. The normalized spacial score (nSPS) is 19.3. The number of nitrogens with zero attached hydrogens (tertiary/aromatic N) is 3. The van der Waals surface area contributed by atoms with Crippen molar-refractivity contribution in [3.63, 3.8) is 0 Å². The fraction of sp³-hybridized carbons (Fsp3) is 0.455. The van der Waals surface area contributed by atoms with E-state index in [0.29, 0.717) is 11.6 Å². The Kier molecular flexibility index (Phi) is 6.14. The number of benzene rings is 1. The number of carbonyl (C=O) groups excluding carboxylic acids is 1. The minimum Gasteiger partial charge on any atom is -0.495 e. The van der Waals surface area contributed by atoms with Crippen LogP contribution in [-0.2, 0) is 4.79 Å². The first kappa shape index (κ1) is 19.5. The van der Waals surface area contributed by atoms with Crippen molar-refractivity contribution in [3.8, 4) is 11.5 Å². The Labute approximate surface area is 171 Å². The van der Waals surface area contributed by atoms with Crippen LogP contribution in [0.4, 0.5) is 11.5 Å². The SMILES string of the molecule is COc1ccccc1N1CCN(CCCCC2Oc3cccnc3NC2=O)CC1. The zero-order valence-electron chi connectivity index (χ0n) is 16.8. The summed E-state index contributed by atoms with van der Waals surface area (Å²) in [4.78, 5) is 21.2. The van der Waals surface area contributed by atoms with Gasteiger partial charge in [0, 0.05) is 32.4 Å². The summed E-state index contributed by atoms with van der Waals surface area (Å²) in [7, 11) is 1.72. The van der Waals surface area contributed by atoms with Crippen LogP contribution in [0, 0.1) is 0 Å². The van der Waals surface area contributed by atoms with E-state index in [-0.39, 0.29) is 5.91 Å². The van der Waals surface area contributed by atoms with E-state index in [9.17, 15) is 4.79 Å². The van der Waals surface area contributed by atoms with Gasteiger partial charge in [0.2, 0.25) is 0 Å². The number of unbranched alkanes of at least 4 members (excludes halogenated alkanes) is 1. The van der Waals surface area contributed by atoms with Gasteiger partial charge in [0.05, 0.1) is 12.8 Å². The van der Waals surface area contributed by atoms with Crippen molar-refractivity contribution < 1.29 is 14.3 Å². The molecular weight excluding hydrogens is 368 g/mol. The highest BCUT2D eigenvalue weighted by Gasteiger charge is 2.27. The molecule has 0 saturated carbocycles. The topological polar surface area (TPSA) is 66.9 Å². The molecular formula is C22H28N4O3. The zero-order valence-corrected chi connectivity index (χ0v) is 16.8. The lowest BCUT2D eigenvalue weighted by Crippen LogP contribution is -2.46. The summed E-state index contributed by atoms with van der Waals surface area (Å²) in [6, 6.07) is 11.9. The molecule has 0 radical (unpaired) electrons. The van der Waals surface area contributed by atoms with Gasteiger partial charge in [0.25, 0.3) is 5.91 Å². The molecule has 7 nitrogen and oxygen atoms in total. The number of ether oxygens (including phenoxy) is 2. The lowest BCUT2D eigenvalue weighted by molar-refractivity contribution is -0.123. The van der Waals surface area contributed by atoms with Crippen LogP contribution in [-0.4, -0.2) is 61.7 Å². The molecule has 1 fully saturated rings. The average Bonchev–Trinajstić information content (AvgIpc) is 2.77. The summed E-state index contributed by atoms with van der Waals surface area (Å²) in [5, 5.41) is 2.83. The Bertz CT molecular complexity index is 836. The van der Waals surface area contributed by atoms with E-state index in [2.05, 4.69) is 32.2 Å². The molecule has 29 heavy (non-hydrogen) atoms. The summed E-state index contributed by atoms with van der Waals surface area (Å²) in [5.74, 6) is 2.01. The highest BCUT2D eigenvalue weighted by molar-refractivity contribution is 5.96. The van der Waals surface area contributed by atoms with Crippen molar-refractivity contribution in [1.29, 1.82) is 0 Å². The van der Waals surface area contributed by atoms with E-state index in [1.165, 1.54) is 5.69 Å². The van der Waals surface area contributed by atoms with E-state index >= 15 is 0 Å². The highest BCUT2D eigenvalue weighted by Crippen LogP contribution is 2.29. The van der Waals surface area contributed by atoms with Crippen LogP contribution in [0.1, 0.15) is 19.3 Å². The number of nitrogens with one attached hydrogen (secondary N) is 1. The van der Waals surface area contributed by atoms with Crippen molar-refractivity contribution >= 4 is 17.4 Å². The van der Waals surface area contributed by atoms with Crippen molar-refractivity contribution in [3.05, 3.63) is 42.6 Å². The van der Waals surface area contributed by atoms with Gasteiger partial charge >= 0.3 is 0 Å². The molecule has 2 aliphatic heterocycles. The smallest absolute Gasteiger partial charge is 0.266 e. The number of pyridine rings is 1. The van der Waals surface area contributed by atoms with Crippen molar-refractivity contribution in [1.82, 2.24) is 9.88 Å². The van der Waals surface area contributed by atoms with Crippen LogP contribution in [0.15, 0.2) is 42.6 Å². The average molecular weight is 396 g/mol. The van der Waals surface area contributed by atoms with Gasteiger partial charge in [-0.3, -0.25) is 9.69 Å². The lowest BCUT2D eigenvalue weighted by Gasteiger charge is -2.36. The maximum Gasteiger partial charge on any atom is 0.266 e. The first-order valence-corrected chi connectivity index (χ1v) is 10.3. The predicted octanol–water partition coefficient (Wildman–Crippen LogP) is 2.78. The van der Waals surface area contributed by atoms with Gasteiger partial charge in [-0.25, -0.2) is 4.98 Å². The van der Waals surface area contributed by atoms with E-state index in [1.807, 2.05) is 24.3 Å². The zero-order chi connectivity index (χ0) is 20.1. The Balaban J connectivity index is 1.18. The number of hydrogen-bond donors (Lipinski definition) is 1. The number of methoxy groups -OCH3 is 1. The molecule has 0 aliphatic carbocycles. The number of fused-ring (bicyclic) bond motifs is 1. The molecule has 1 aromatic heterocycles. The first-order valence-electron chi connectivity index (χ1n) is 10.3. The molecule has 3 heterocycles. The molecule has 1 aromatic carbocycles. The van der Waals surface area contributed by atoms with E-state index in [1.54, 1.807) is 13.3 Å². The maximum atomic E-state index is 12.2. The standard InChI is InChI=1S/C22H28N4O3/c1-28-18-8-3-2-7-17(18)26-15-13-25(14-16-26)12-5-4-9-20-22(27)24-21-19(29-20)10-6-11-23-21/h2-3,6-8,10-11,20H,4-5,9,12-16H2,1H3,(H,23,24,27). The van der Waals surface area contributed by atoms with Gasteiger partial charge in [-0.2, -0.15) is 0 Å². The monoisotopic (exact) mass is 396 g/mol. The number of rotatable bonds is 7. The second-order valence-electron chi connectivity index (χ2n) is 7.44. The fourth-order valence-electron chi connectivity index (χ4n) is 3.94. The van der Waals surface area contributed by atoms with Crippen molar-refractivity contribution in [2.45, 2.75) is 25.4 Å². The van der Waals surface area contributed by atoms with Crippen LogP contribution >= 0.6 is 0 Å². The molecule has 1 atom stereocenters. The van der Waals surface area contributed by atoms with Crippen molar-refractivity contribution in [2.75, 3.05) is 50.1 Å². The minimum absolute atomic E-state index is 0.0957. The number of para-hydroxylation sites is 2. The molecule has 7 heteroatoms. The van der Waals surface area contributed by atoms with Crippen LogP contribution < -0.4 is 19.7 Å². The molecule has 1 amide bonds. The van der Waals surface area contributed by atoms with Gasteiger partial charge in [0.1, 0.15) is 5.75 Å². The molecule has 1 unspecified atom stereocenters.